The number of anilines is 2. The van der Waals surface area contributed by atoms with E-state index in [2.05, 4.69) is 20.0 Å². The van der Waals surface area contributed by atoms with E-state index in [4.69, 9.17) is 0 Å². The van der Waals surface area contributed by atoms with Gasteiger partial charge in [0, 0.05) is 48.3 Å². The highest BCUT2D eigenvalue weighted by Crippen LogP contribution is 2.30. The lowest BCUT2D eigenvalue weighted by atomic mass is 10.0. The highest BCUT2D eigenvalue weighted by Gasteiger charge is 2.11. The van der Waals surface area contributed by atoms with Gasteiger partial charge < -0.3 is 10.0 Å². The van der Waals surface area contributed by atoms with Crippen LogP contribution in [0.2, 0.25) is 0 Å². The van der Waals surface area contributed by atoms with Gasteiger partial charge >= 0.3 is 0 Å². The van der Waals surface area contributed by atoms with Crippen molar-refractivity contribution in [3.8, 4) is 11.1 Å². The van der Waals surface area contributed by atoms with Gasteiger partial charge in [0.1, 0.15) is 5.82 Å². The van der Waals surface area contributed by atoms with Gasteiger partial charge in [0.05, 0.1) is 11.2 Å². The van der Waals surface area contributed by atoms with E-state index in [-0.39, 0.29) is 5.82 Å². The molecule has 1 aromatic carbocycles. The zero-order valence-electron chi connectivity index (χ0n) is 12.2. The SMILES string of the molecule is CNc1cc2ncc(-c3cccc(NSC)c3F)cc2cn1. The van der Waals surface area contributed by atoms with Crippen LogP contribution in [0.3, 0.4) is 0 Å². The summed E-state index contributed by atoms with van der Waals surface area (Å²) in [6.07, 6.45) is 5.28. The first-order chi connectivity index (χ1) is 10.7. The number of hydrogen-bond acceptors (Lipinski definition) is 5. The van der Waals surface area contributed by atoms with Gasteiger partial charge in [-0.15, -0.1) is 0 Å². The Morgan fingerprint density at radius 3 is 2.77 bits per heavy atom. The van der Waals surface area contributed by atoms with Crippen molar-refractivity contribution in [1.29, 1.82) is 0 Å². The second-order valence-electron chi connectivity index (χ2n) is 4.71. The Hall–Kier alpha value is -2.34. The van der Waals surface area contributed by atoms with Crippen LogP contribution in [0, 0.1) is 5.82 Å². The molecular weight excluding hydrogens is 299 g/mol. The average molecular weight is 314 g/mol. The van der Waals surface area contributed by atoms with Crippen molar-refractivity contribution in [1.82, 2.24) is 9.97 Å². The second-order valence-corrected chi connectivity index (χ2v) is 5.32. The maximum Gasteiger partial charge on any atom is 0.154 e. The molecule has 2 heterocycles. The zero-order valence-corrected chi connectivity index (χ0v) is 13.0. The first-order valence-electron chi connectivity index (χ1n) is 6.74. The van der Waals surface area contributed by atoms with Crippen molar-refractivity contribution in [3.63, 3.8) is 0 Å². The van der Waals surface area contributed by atoms with Crippen LogP contribution in [0.25, 0.3) is 22.0 Å². The molecule has 112 valence electrons. The van der Waals surface area contributed by atoms with E-state index in [0.29, 0.717) is 11.3 Å². The molecule has 0 aliphatic carbocycles. The third kappa shape index (κ3) is 2.69. The average Bonchev–Trinajstić information content (AvgIpc) is 2.56. The molecule has 0 aliphatic heterocycles. The molecule has 0 amide bonds. The normalized spacial score (nSPS) is 10.7. The third-order valence-electron chi connectivity index (χ3n) is 3.34. The van der Waals surface area contributed by atoms with Crippen molar-refractivity contribution in [2.75, 3.05) is 23.3 Å². The van der Waals surface area contributed by atoms with E-state index < -0.39 is 0 Å². The highest BCUT2D eigenvalue weighted by molar-refractivity contribution is 7.99. The number of fused-ring (bicyclic) bond motifs is 1. The van der Waals surface area contributed by atoms with Crippen molar-refractivity contribution in [3.05, 3.63) is 48.5 Å². The van der Waals surface area contributed by atoms with E-state index >= 15 is 0 Å². The molecule has 0 saturated carbocycles. The summed E-state index contributed by atoms with van der Waals surface area (Å²) >= 11 is 1.36. The van der Waals surface area contributed by atoms with E-state index in [1.54, 1.807) is 24.5 Å². The van der Waals surface area contributed by atoms with Gasteiger partial charge in [-0.3, -0.25) is 4.98 Å². The van der Waals surface area contributed by atoms with Gasteiger partial charge in [0.2, 0.25) is 0 Å². The maximum atomic E-state index is 14.5. The van der Waals surface area contributed by atoms with Gasteiger partial charge in [0.15, 0.2) is 5.82 Å². The molecule has 0 unspecified atom stereocenters. The molecule has 0 fully saturated rings. The van der Waals surface area contributed by atoms with Gasteiger partial charge in [-0.25, -0.2) is 9.37 Å². The smallest absolute Gasteiger partial charge is 0.154 e. The molecule has 0 radical (unpaired) electrons. The summed E-state index contributed by atoms with van der Waals surface area (Å²) in [7, 11) is 1.81. The molecule has 6 heteroatoms. The number of hydrogen-bond donors (Lipinski definition) is 2. The first-order valence-corrected chi connectivity index (χ1v) is 7.97. The fraction of sp³-hybridized carbons (Fsp3) is 0.125. The van der Waals surface area contributed by atoms with Crippen LogP contribution in [-0.2, 0) is 0 Å². The van der Waals surface area contributed by atoms with Crippen LogP contribution in [0.4, 0.5) is 15.9 Å². The zero-order chi connectivity index (χ0) is 15.5. The fourth-order valence-corrected chi connectivity index (χ4v) is 2.63. The van der Waals surface area contributed by atoms with Crippen molar-refractivity contribution >= 4 is 34.4 Å². The Morgan fingerprint density at radius 2 is 2.00 bits per heavy atom. The molecule has 2 N–H and O–H groups in total. The minimum atomic E-state index is -0.280. The van der Waals surface area contributed by atoms with Gasteiger partial charge in [-0.05, 0) is 12.1 Å². The largest absolute Gasteiger partial charge is 0.373 e. The predicted octanol–water partition coefficient (Wildman–Crippen LogP) is 4.17. The second kappa shape index (κ2) is 6.19. The van der Waals surface area contributed by atoms with E-state index in [1.165, 1.54) is 11.9 Å². The summed E-state index contributed by atoms with van der Waals surface area (Å²) in [5.74, 6) is 0.475. The number of pyridine rings is 2. The van der Waals surface area contributed by atoms with Gasteiger partial charge in [-0.2, -0.15) is 0 Å². The summed E-state index contributed by atoms with van der Waals surface area (Å²) in [6, 6.07) is 9.05. The molecule has 0 atom stereocenters. The van der Waals surface area contributed by atoms with E-state index in [0.717, 1.165) is 22.3 Å². The monoisotopic (exact) mass is 314 g/mol. The summed E-state index contributed by atoms with van der Waals surface area (Å²) in [4.78, 5) is 8.68. The van der Waals surface area contributed by atoms with Crippen LogP contribution in [-0.4, -0.2) is 23.3 Å². The lowest BCUT2D eigenvalue weighted by Crippen LogP contribution is -1.95. The van der Waals surface area contributed by atoms with Crippen LogP contribution >= 0.6 is 11.9 Å². The van der Waals surface area contributed by atoms with Crippen LogP contribution in [0.5, 0.6) is 0 Å². The number of nitrogens with zero attached hydrogens (tertiary/aromatic N) is 2. The quantitative estimate of drug-likeness (QED) is 0.708. The summed E-state index contributed by atoms with van der Waals surface area (Å²) in [5, 5.41) is 3.85. The number of nitrogens with one attached hydrogen (secondary N) is 2. The number of aromatic nitrogens is 2. The molecular formula is C16H15FN4S. The molecule has 0 aliphatic rings. The molecule has 0 spiro atoms. The Kier molecular flexibility index (Phi) is 4.11. The Bertz CT molecular complexity index is 822. The van der Waals surface area contributed by atoms with Crippen LogP contribution in [0.1, 0.15) is 0 Å². The molecule has 22 heavy (non-hydrogen) atoms. The van der Waals surface area contributed by atoms with Crippen LogP contribution in [0.15, 0.2) is 42.7 Å². The third-order valence-corrected chi connectivity index (χ3v) is 3.77. The standard InChI is InChI=1S/C16H15FN4S/c1-18-15-7-14-11(9-20-15)6-10(8-19-14)12-4-3-5-13(16(12)17)21-22-2/h3-9,21H,1-2H3,(H,18,20). The lowest BCUT2D eigenvalue weighted by Gasteiger charge is -2.09. The Labute approximate surface area is 132 Å². The minimum Gasteiger partial charge on any atom is -0.373 e. The topological polar surface area (TPSA) is 49.8 Å². The molecule has 4 nitrogen and oxygen atoms in total. The minimum absolute atomic E-state index is 0.280. The fourth-order valence-electron chi connectivity index (χ4n) is 2.25. The van der Waals surface area contributed by atoms with E-state index in [9.17, 15) is 4.39 Å². The number of rotatable bonds is 4. The lowest BCUT2D eigenvalue weighted by molar-refractivity contribution is 0.636. The van der Waals surface area contributed by atoms with Gasteiger partial charge in [0.25, 0.3) is 0 Å². The first kappa shape index (κ1) is 14.6. The molecule has 0 saturated heterocycles. The Balaban J connectivity index is 2.09. The summed E-state index contributed by atoms with van der Waals surface area (Å²) in [6.45, 7) is 0. The predicted molar refractivity (Wildman–Crippen MR) is 91.6 cm³/mol. The van der Waals surface area contributed by atoms with Crippen molar-refractivity contribution < 1.29 is 4.39 Å². The molecule has 2 aromatic heterocycles. The summed E-state index contributed by atoms with van der Waals surface area (Å²) in [5.41, 5.74) is 2.54. The Morgan fingerprint density at radius 1 is 1.14 bits per heavy atom. The molecule has 0 bridgehead atoms. The summed E-state index contributed by atoms with van der Waals surface area (Å²) < 4.78 is 17.5. The molecule has 3 rings (SSSR count). The highest BCUT2D eigenvalue weighted by atomic mass is 32.2. The number of halogens is 1. The van der Waals surface area contributed by atoms with Crippen LogP contribution < -0.4 is 10.0 Å². The number of benzene rings is 1. The van der Waals surface area contributed by atoms with Crippen molar-refractivity contribution in [2.45, 2.75) is 0 Å². The maximum absolute atomic E-state index is 14.5. The molecule has 3 aromatic rings. The van der Waals surface area contributed by atoms with E-state index in [1.807, 2.05) is 31.5 Å². The van der Waals surface area contributed by atoms with Crippen molar-refractivity contribution in [2.24, 2.45) is 0 Å². The van der Waals surface area contributed by atoms with Gasteiger partial charge in [-0.1, -0.05) is 24.1 Å².